The molecule has 0 bridgehead atoms. The summed E-state index contributed by atoms with van der Waals surface area (Å²) in [4.78, 5) is 0. The predicted octanol–water partition coefficient (Wildman–Crippen LogP) is 4.53. The highest BCUT2D eigenvalue weighted by Gasteiger charge is 2.55. The van der Waals surface area contributed by atoms with Gasteiger partial charge in [-0.2, -0.15) is 11.3 Å². The summed E-state index contributed by atoms with van der Waals surface area (Å²) in [6.07, 6.45) is 8.58. The normalized spacial score (nSPS) is 30.1. The summed E-state index contributed by atoms with van der Waals surface area (Å²) in [5.74, 6) is 0. The fraction of sp³-hybridized carbons (Fsp3) is 0.765. The minimum Gasteiger partial charge on any atom is -0.378 e. The molecule has 3 unspecified atom stereocenters. The SMILES string of the molecule is CCOC1CC(NC(C)c2ccsc2)C12CCCCC2. The van der Waals surface area contributed by atoms with Crippen molar-refractivity contribution in [2.45, 2.75) is 70.6 Å². The summed E-state index contributed by atoms with van der Waals surface area (Å²) in [6, 6.07) is 3.36. The lowest BCUT2D eigenvalue weighted by Crippen LogP contribution is -2.64. The molecule has 112 valence electrons. The van der Waals surface area contributed by atoms with E-state index in [0.717, 1.165) is 6.61 Å². The van der Waals surface area contributed by atoms with Gasteiger partial charge in [-0.3, -0.25) is 0 Å². The van der Waals surface area contributed by atoms with Crippen molar-refractivity contribution in [3.63, 3.8) is 0 Å². The first kappa shape index (κ1) is 14.6. The van der Waals surface area contributed by atoms with E-state index in [-0.39, 0.29) is 0 Å². The van der Waals surface area contributed by atoms with Crippen LogP contribution in [-0.2, 0) is 4.74 Å². The number of hydrogen-bond donors (Lipinski definition) is 1. The minimum atomic E-state index is 0.429. The largest absolute Gasteiger partial charge is 0.378 e. The molecule has 2 aliphatic rings. The molecule has 2 aliphatic carbocycles. The Morgan fingerprint density at radius 2 is 2.20 bits per heavy atom. The van der Waals surface area contributed by atoms with Gasteiger partial charge in [-0.05, 0) is 55.5 Å². The zero-order valence-corrected chi connectivity index (χ0v) is 13.5. The fourth-order valence-electron chi connectivity index (χ4n) is 4.22. The summed E-state index contributed by atoms with van der Waals surface area (Å²) in [6.45, 7) is 5.29. The van der Waals surface area contributed by atoms with E-state index < -0.39 is 0 Å². The minimum absolute atomic E-state index is 0.429. The Hall–Kier alpha value is -0.380. The molecule has 0 radical (unpaired) electrons. The monoisotopic (exact) mass is 293 g/mol. The molecular formula is C17H27NOS. The lowest BCUT2D eigenvalue weighted by molar-refractivity contribution is -0.152. The van der Waals surface area contributed by atoms with Crippen LogP contribution in [0.2, 0.25) is 0 Å². The molecule has 3 rings (SSSR count). The average Bonchev–Trinajstić information content (AvgIpc) is 3.01. The number of ether oxygens (including phenoxy) is 1. The standard InChI is InChI=1S/C17H27NOS/c1-3-19-16-11-15(17(16)8-5-4-6-9-17)18-13(2)14-7-10-20-12-14/h7,10,12-13,15-16,18H,3-6,8-9,11H2,1-2H3. The van der Waals surface area contributed by atoms with E-state index >= 15 is 0 Å². The molecule has 1 aromatic rings. The number of rotatable bonds is 5. The van der Waals surface area contributed by atoms with Crippen LogP contribution in [0.3, 0.4) is 0 Å². The molecule has 1 spiro atoms. The summed E-state index contributed by atoms with van der Waals surface area (Å²) in [5.41, 5.74) is 1.86. The number of hydrogen-bond acceptors (Lipinski definition) is 3. The maximum absolute atomic E-state index is 6.04. The first-order valence-corrected chi connectivity index (χ1v) is 9.10. The van der Waals surface area contributed by atoms with Crippen molar-refractivity contribution in [2.75, 3.05) is 6.61 Å². The predicted molar refractivity (Wildman–Crippen MR) is 85.2 cm³/mol. The Morgan fingerprint density at radius 3 is 2.85 bits per heavy atom. The molecule has 0 aliphatic heterocycles. The Bertz CT molecular complexity index is 411. The van der Waals surface area contributed by atoms with Gasteiger partial charge in [0.2, 0.25) is 0 Å². The third-order valence-electron chi connectivity index (χ3n) is 5.43. The van der Waals surface area contributed by atoms with Crippen LogP contribution >= 0.6 is 11.3 Å². The lowest BCUT2D eigenvalue weighted by atomic mass is 9.55. The summed E-state index contributed by atoms with van der Waals surface area (Å²) in [7, 11) is 0. The molecule has 2 fully saturated rings. The summed E-state index contributed by atoms with van der Waals surface area (Å²) in [5, 5.41) is 8.34. The lowest BCUT2D eigenvalue weighted by Gasteiger charge is -2.58. The quantitative estimate of drug-likeness (QED) is 0.861. The van der Waals surface area contributed by atoms with Gasteiger partial charge in [0, 0.05) is 24.1 Å². The zero-order chi connectivity index (χ0) is 14.0. The molecule has 3 atom stereocenters. The van der Waals surface area contributed by atoms with E-state index in [1.54, 1.807) is 11.3 Å². The Kier molecular flexibility index (Phi) is 4.49. The molecule has 20 heavy (non-hydrogen) atoms. The highest BCUT2D eigenvalue weighted by Crippen LogP contribution is 2.53. The van der Waals surface area contributed by atoms with Crippen molar-refractivity contribution in [1.82, 2.24) is 5.32 Å². The van der Waals surface area contributed by atoms with Gasteiger partial charge in [0.05, 0.1) is 6.10 Å². The van der Waals surface area contributed by atoms with Crippen LogP contribution in [0.1, 0.15) is 64.0 Å². The maximum atomic E-state index is 6.04. The van der Waals surface area contributed by atoms with Crippen molar-refractivity contribution in [1.29, 1.82) is 0 Å². The molecule has 0 amide bonds. The first-order valence-electron chi connectivity index (χ1n) is 8.16. The second-order valence-electron chi connectivity index (χ2n) is 6.47. The van der Waals surface area contributed by atoms with Gasteiger partial charge in [0.15, 0.2) is 0 Å². The van der Waals surface area contributed by atoms with Crippen LogP contribution in [0.4, 0.5) is 0 Å². The molecule has 2 saturated carbocycles. The van der Waals surface area contributed by atoms with Gasteiger partial charge in [-0.15, -0.1) is 0 Å². The van der Waals surface area contributed by atoms with Gasteiger partial charge in [-0.1, -0.05) is 19.3 Å². The van der Waals surface area contributed by atoms with E-state index in [2.05, 4.69) is 36.0 Å². The van der Waals surface area contributed by atoms with E-state index in [1.165, 1.54) is 44.1 Å². The van der Waals surface area contributed by atoms with Crippen molar-refractivity contribution < 1.29 is 4.74 Å². The van der Waals surface area contributed by atoms with Crippen LogP contribution < -0.4 is 5.32 Å². The van der Waals surface area contributed by atoms with Crippen LogP contribution in [0, 0.1) is 5.41 Å². The van der Waals surface area contributed by atoms with Gasteiger partial charge in [0.1, 0.15) is 0 Å². The average molecular weight is 293 g/mol. The molecule has 1 heterocycles. The Morgan fingerprint density at radius 1 is 1.40 bits per heavy atom. The van der Waals surface area contributed by atoms with E-state index in [4.69, 9.17) is 4.74 Å². The van der Waals surface area contributed by atoms with Crippen molar-refractivity contribution >= 4 is 11.3 Å². The van der Waals surface area contributed by atoms with Gasteiger partial charge in [0.25, 0.3) is 0 Å². The third-order valence-corrected chi connectivity index (χ3v) is 6.13. The van der Waals surface area contributed by atoms with E-state index in [9.17, 15) is 0 Å². The third kappa shape index (κ3) is 2.56. The second-order valence-corrected chi connectivity index (χ2v) is 7.25. The maximum Gasteiger partial charge on any atom is 0.0661 e. The molecule has 1 aromatic heterocycles. The molecule has 0 aromatic carbocycles. The summed E-state index contributed by atoms with van der Waals surface area (Å²) < 4.78 is 6.04. The Balaban J connectivity index is 1.67. The Labute approximate surface area is 126 Å². The van der Waals surface area contributed by atoms with Gasteiger partial charge in [-0.25, -0.2) is 0 Å². The smallest absolute Gasteiger partial charge is 0.0661 e. The highest BCUT2D eigenvalue weighted by molar-refractivity contribution is 7.07. The van der Waals surface area contributed by atoms with Crippen LogP contribution in [0.25, 0.3) is 0 Å². The van der Waals surface area contributed by atoms with Crippen LogP contribution in [-0.4, -0.2) is 18.8 Å². The van der Waals surface area contributed by atoms with Gasteiger partial charge >= 0.3 is 0 Å². The number of thiophene rings is 1. The molecular weight excluding hydrogens is 266 g/mol. The molecule has 2 nitrogen and oxygen atoms in total. The topological polar surface area (TPSA) is 21.3 Å². The van der Waals surface area contributed by atoms with Gasteiger partial charge < -0.3 is 10.1 Å². The van der Waals surface area contributed by atoms with Crippen molar-refractivity contribution in [3.8, 4) is 0 Å². The highest BCUT2D eigenvalue weighted by atomic mass is 32.1. The molecule has 0 saturated heterocycles. The number of nitrogens with one attached hydrogen (secondary N) is 1. The van der Waals surface area contributed by atoms with Crippen molar-refractivity contribution in [3.05, 3.63) is 22.4 Å². The first-order chi connectivity index (χ1) is 9.76. The zero-order valence-electron chi connectivity index (χ0n) is 12.7. The van der Waals surface area contributed by atoms with E-state index in [0.29, 0.717) is 23.6 Å². The molecule has 1 N–H and O–H groups in total. The van der Waals surface area contributed by atoms with Crippen LogP contribution in [0.15, 0.2) is 16.8 Å². The fourth-order valence-corrected chi connectivity index (χ4v) is 4.97. The van der Waals surface area contributed by atoms with Crippen molar-refractivity contribution in [2.24, 2.45) is 5.41 Å². The molecule has 3 heteroatoms. The van der Waals surface area contributed by atoms with Crippen LogP contribution in [0.5, 0.6) is 0 Å². The second kappa shape index (κ2) is 6.17. The summed E-state index contributed by atoms with van der Waals surface area (Å²) >= 11 is 1.79. The van der Waals surface area contributed by atoms with E-state index in [1.807, 2.05) is 0 Å².